The van der Waals surface area contributed by atoms with E-state index in [0.29, 0.717) is 12.2 Å². The van der Waals surface area contributed by atoms with Crippen LogP contribution in [0.3, 0.4) is 0 Å². The molecule has 4 saturated carbocycles. The number of fused-ring (bicyclic) bond motifs is 7. The number of carbonyl (C=O) groups excluding carboxylic acids is 3. The van der Waals surface area contributed by atoms with E-state index in [2.05, 4.69) is 46.0 Å². The molecule has 38 heavy (non-hydrogen) atoms. The summed E-state index contributed by atoms with van der Waals surface area (Å²) in [5.74, 6) is 0.343. The summed E-state index contributed by atoms with van der Waals surface area (Å²) in [5, 5.41) is 13.2. The lowest BCUT2D eigenvalue weighted by Gasteiger charge is -2.72. The fourth-order valence-electron chi connectivity index (χ4n) is 10.8. The van der Waals surface area contributed by atoms with Gasteiger partial charge in [0.2, 0.25) is 0 Å². The van der Waals surface area contributed by atoms with E-state index in [0.717, 1.165) is 44.9 Å². The second-order valence-corrected chi connectivity index (χ2v) is 15.5. The summed E-state index contributed by atoms with van der Waals surface area (Å²) in [5.41, 5.74) is -1.43. The van der Waals surface area contributed by atoms with Crippen molar-refractivity contribution in [1.82, 2.24) is 5.32 Å². The molecule has 1 unspecified atom stereocenters. The summed E-state index contributed by atoms with van der Waals surface area (Å²) >= 11 is 0. The summed E-state index contributed by atoms with van der Waals surface area (Å²) < 4.78 is 5.07. The number of Topliss-reactive ketones (excluding diaryl/α,β-unsaturated/α-hetero) is 2. The van der Waals surface area contributed by atoms with E-state index in [-0.39, 0.29) is 51.3 Å². The SMILES string of the molecule is COC(=O)N[C@]12CCC(C)(C)C[C@H]1[C@H]1C(=O)CC3[C@@]4(C)C=C(C#N)C(=O)C(C)(C)[C@@H]4CC[C@@]3(C)[C@]1(C)CC2. The van der Waals surface area contributed by atoms with Crippen molar-refractivity contribution in [1.29, 1.82) is 5.26 Å². The molecule has 5 aliphatic carbocycles. The number of hydrogen-bond acceptors (Lipinski definition) is 5. The van der Waals surface area contributed by atoms with Crippen molar-refractivity contribution in [3.05, 3.63) is 11.6 Å². The number of alkyl carbamates (subject to hydrolysis) is 1. The van der Waals surface area contributed by atoms with Gasteiger partial charge in [0.25, 0.3) is 0 Å². The molecule has 6 heteroatoms. The maximum atomic E-state index is 14.5. The Labute approximate surface area is 228 Å². The largest absolute Gasteiger partial charge is 0.453 e. The number of ether oxygens (including phenoxy) is 1. The lowest BCUT2D eigenvalue weighted by Crippen LogP contribution is -2.72. The molecule has 0 saturated heterocycles. The van der Waals surface area contributed by atoms with Crippen molar-refractivity contribution >= 4 is 17.7 Å². The Morgan fingerprint density at radius 2 is 1.63 bits per heavy atom. The van der Waals surface area contributed by atoms with Gasteiger partial charge in [-0.15, -0.1) is 0 Å². The van der Waals surface area contributed by atoms with Gasteiger partial charge in [-0.25, -0.2) is 4.79 Å². The van der Waals surface area contributed by atoms with Crippen LogP contribution in [0, 0.1) is 62.1 Å². The van der Waals surface area contributed by atoms with E-state index >= 15 is 0 Å². The first-order chi connectivity index (χ1) is 17.5. The molecule has 0 spiro atoms. The maximum absolute atomic E-state index is 14.5. The van der Waals surface area contributed by atoms with Crippen LogP contribution in [-0.4, -0.2) is 30.3 Å². The molecule has 0 heterocycles. The number of hydrogen-bond donors (Lipinski definition) is 1. The van der Waals surface area contributed by atoms with Gasteiger partial charge in [0.1, 0.15) is 11.9 Å². The van der Waals surface area contributed by atoms with Crippen molar-refractivity contribution in [2.45, 2.75) is 105 Å². The van der Waals surface area contributed by atoms with Crippen molar-refractivity contribution in [2.24, 2.45) is 50.7 Å². The molecule has 0 radical (unpaired) electrons. The minimum Gasteiger partial charge on any atom is -0.453 e. The predicted molar refractivity (Wildman–Crippen MR) is 145 cm³/mol. The molecule has 5 rings (SSSR count). The van der Waals surface area contributed by atoms with Crippen LogP contribution in [-0.2, 0) is 14.3 Å². The van der Waals surface area contributed by atoms with E-state index in [1.807, 2.05) is 19.9 Å². The number of ketones is 2. The summed E-state index contributed by atoms with van der Waals surface area (Å²) in [4.78, 5) is 40.3. The van der Waals surface area contributed by atoms with Gasteiger partial charge in [-0.2, -0.15) is 5.26 Å². The lowest BCUT2D eigenvalue weighted by atomic mass is 9.32. The highest BCUT2D eigenvalue weighted by atomic mass is 16.5. The predicted octanol–water partition coefficient (Wildman–Crippen LogP) is 6.39. The number of rotatable bonds is 1. The van der Waals surface area contributed by atoms with E-state index in [1.54, 1.807) is 0 Å². The second kappa shape index (κ2) is 8.18. The molecule has 0 aromatic rings. The Morgan fingerprint density at radius 1 is 0.974 bits per heavy atom. The summed E-state index contributed by atoms with van der Waals surface area (Å²) in [6, 6.07) is 2.20. The average molecular weight is 523 g/mol. The molecule has 1 N–H and O–H groups in total. The Kier molecular flexibility index (Phi) is 5.90. The molecular weight excluding hydrogens is 476 g/mol. The van der Waals surface area contributed by atoms with Gasteiger partial charge in [0, 0.05) is 23.3 Å². The second-order valence-electron chi connectivity index (χ2n) is 15.5. The van der Waals surface area contributed by atoms with E-state index in [4.69, 9.17) is 4.74 Å². The summed E-state index contributed by atoms with van der Waals surface area (Å²) in [6.45, 7) is 15.5. The first kappa shape index (κ1) is 27.4. The number of amides is 1. The molecular formula is C32H46N2O4. The van der Waals surface area contributed by atoms with Crippen molar-refractivity contribution in [3.63, 3.8) is 0 Å². The van der Waals surface area contributed by atoms with E-state index in [9.17, 15) is 19.6 Å². The van der Waals surface area contributed by atoms with Gasteiger partial charge in [0.05, 0.1) is 12.7 Å². The molecule has 0 aromatic carbocycles. The molecule has 4 fully saturated rings. The normalized spacial score (nSPS) is 46.8. The number of methoxy groups -OCH3 is 1. The third kappa shape index (κ3) is 3.38. The highest BCUT2D eigenvalue weighted by Gasteiger charge is 2.72. The Morgan fingerprint density at radius 3 is 2.26 bits per heavy atom. The van der Waals surface area contributed by atoms with Crippen LogP contribution in [0.15, 0.2) is 11.6 Å². The number of carbonyl (C=O) groups is 3. The molecule has 0 bridgehead atoms. The topological polar surface area (TPSA) is 96.3 Å². The van der Waals surface area contributed by atoms with Gasteiger partial charge in [-0.1, -0.05) is 54.5 Å². The zero-order valence-electron chi connectivity index (χ0n) is 24.6. The fraction of sp³-hybridized carbons (Fsp3) is 0.812. The number of nitriles is 1. The van der Waals surface area contributed by atoms with Crippen molar-refractivity contribution in [2.75, 3.05) is 7.11 Å². The molecule has 0 aliphatic heterocycles. The Hall–Kier alpha value is -2.16. The average Bonchev–Trinajstić information content (AvgIpc) is 2.83. The van der Waals surface area contributed by atoms with Crippen molar-refractivity contribution in [3.8, 4) is 6.07 Å². The Balaban J connectivity index is 1.62. The van der Waals surface area contributed by atoms with Crippen molar-refractivity contribution < 1.29 is 19.1 Å². The Bertz CT molecular complexity index is 1160. The van der Waals surface area contributed by atoms with Crippen LogP contribution >= 0.6 is 0 Å². The van der Waals surface area contributed by atoms with E-state index < -0.39 is 22.5 Å². The smallest absolute Gasteiger partial charge is 0.407 e. The maximum Gasteiger partial charge on any atom is 0.407 e. The third-order valence-electron chi connectivity index (χ3n) is 13.0. The van der Waals surface area contributed by atoms with Gasteiger partial charge >= 0.3 is 6.09 Å². The highest BCUT2D eigenvalue weighted by molar-refractivity contribution is 6.04. The van der Waals surface area contributed by atoms with Gasteiger partial charge < -0.3 is 10.1 Å². The minimum atomic E-state index is -0.629. The molecule has 208 valence electrons. The first-order valence-corrected chi connectivity index (χ1v) is 14.6. The van der Waals surface area contributed by atoms with Crippen LogP contribution in [0.1, 0.15) is 99.8 Å². The monoisotopic (exact) mass is 522 g/mol. The highest BCUT2D eigenvalue weighted by Crippen LogP contribution is 2.74. The van der Waals surface area contributed by atoms with Gasteiger partial charge in [-0.05, 0) is 84.4 Å². The van der Waals surface area contributed by atoms with Gasteiger partial charge in [0.15, 0.2) is 5.78 Å². The third-order valence-corrected chi connectivity index (χ3v) is 13.0. The number of allylic oxidation sites excluding steroid dienone is 2. The van der Waals surface area contributed by atoms with Crippen LogP contribution in [0.25, 0.3) is 0 Å². The van der Waals surface area contributed by atoms with Crippen LogP contribution in [0.5, 0.6) is 0 Å². The van der Waals surface area contributed by atoms with Crippen LogP contribution < -0.4 is 5.32 Å². The summed E-state index contributed by atoms with van der Waals surface area (Å²) in [7, 11) is 1.41. The summed E-state index contributed by atoms with van der Waals surface area (Å²) in [6.07, 6.45) is 8.40. The quantitative estimate of drug-likeness (QED) is 0.430. The van der Waals surface area contributed by atoms with Crippen LogP contribution in [0.2, 0.25) is 0 Å². The zero-order chi connectivity index (χ0) is 28.1. The molecule has 0 aromatic heterocycles. The lowest BCUT2D eigenvalue weighted by molar-refractivity contribution is -0.214. The molecule has 1 amide bonds. The minimum absolute atomic E-state index is 0.0573. The standard InChI is InChI=1S/C32H46N2O4/c1-27(2)11-13-32(34-26(37)38-8)14-12-31(7)24(20(32)17-27)21(35)15-23-29(5)16-19(18-33)25(36)28(3,4)22(29)9-10-30(23,31)6/h16,20,22-24H,9-15,17H2,1-8H3,(H,34,37)/t20-,22-,23?,24-,29-,30+,31+,32-/m0/s1. The number of nitrogens with zero attached hydrogens (tertiary/aromatic N) is 1. The zero-order valence-corrected chi connectivity index (χ0v) is 24.6. The fourth-order valence-corrected chi connectivity index (χ4v) is 10.8. The number of nitrogens with one attached hydrogen (secondary N) is 1. The van der Waals surface area contributed by atoms with Gasteiger partial charge in [-0.3, -0.25) is 9.59 Å². The van der Waals surface area contributed by atoms with Crippen LogP contribution in [0.4, 0.5) is 4.79 Å². The molecule has 6 nitrogen and oxygen atoms in total. The molecule has 8 atom stereocenters. The first-order valence-electron chi connectivity index (χ1n) is 14.6. The van der Waals surface area contributed by atoms with E-state index in [1.165, 1.54) is 7.11 Å². The molecule has 5 aliphatic rings.